The molecule has 1 aromatic heterocycles. The molecule has 0 bridgehead atoms. The fourth-order valence-corrected chi connectivity index (χ4v) is 7.82. The summed E-state index contributed by atoms with van der Waals surface area (Å²) in [4.78, 5) is 103. The minimum atomic E-state index is -1.39. The standard InChI is InChI=1S/C36H46FN7O8/c1-17(2)28(41-31(46)24-14-38-9-10-39-24)33(48)42-29(18(3)4)34(49)44-15-21-22(37)13-25-27(21)30(44)35(50)43(25)16-26(45)32(47)40-23(36(51)52)12-20-8-6-7-19(5)11-20/h6-10,14,17-19,21-23,25,27-30H,11-13,15-16H2,1-5H3,(H,40,47)(H,41,46)(H,42,48)(H,51,52)/t19?,21-,22+,23+,25?,27-,28?,29+,30?/m1/s1. The summed E-state index contributed by atoms with van der Waals surface area (Å²) in [5.41, 5.74) is 0.804. The van der Waals surface area contributed by atoms with Crippen LogP contribution >= 0.6 is 0 Å². The monoisotopic (exact) mass is 723 g/mol. The Morgan fingerprint density at radius 1 is 1.02 bits per heavy atom. The van der Waals surface area contributed by atoms with Crippen LogP contribution < -0.4 is 16.0 Å². The van der Waals surface area contributed by atoms with E-state index in [0.717, 1.165) is 10.5 Å². The molecular formula is C36H46FN7O8. The zero-order chi connectivity index (χ0) is 38.0. The van der Waals surface area contributed by atoms with Crippen molar-refractivity contribution in [2.45, 2.75) is 90.3 Å². The molecule has 16 heteroatoms. The maximum absolute atomic E-state index is 15.5. The molecule has 9 atom stereocenters. The fourth-order valence-electron chi connectivity index (χ4n) is 7.82. The third-order valence-corrected chi connectivity index (χ3v) is 10.5. The normalized spacial score (nSPS) is 26.5. The Hall–Kier alpha value is -5.02. The van der Waals surface area contributed by atoms with Gasteiger partial charge in [0.25, 0.3) is 11.8 Å². The van der Waals surface area contributed by atoms with E-state index >= 15 is 4.39 Å². The Morgan fingerprint density at radius 3 is 2.35 bits per heavy atom. The SMILES string of the molecule is CC1C=CC=C(C[C@H](NC(=O)C(=O)CN2C(=O)C3[C@H]4C2C[C@H](F)[C@H]4CN3C(=O)[C@@H](NC(=O)C(NC(=O)c2cnccn2)C(C)C)C(C)C)C(=O)O)C1. The number of allylic oxidation sites excluding steroid dienone is 3. The molecule has 1 aromatic rings. The lowest BCUT2D eigenvalue weighted by molar-refractivity contribution is -0.147. The average Bonchev–Trinajstić information content (AvgIpc) is 3.73. The summed E-state index contributed by atoms with van der Waals surface area (Å²) in [7, 11) is 0. The summed E-state index contributed by atoms with van der Waals surface area (Å²) < 4.78 is 15.5. The number of carboxylic acid groups (broad SMARTS) is 1. The van der Waals surface area contributed by atoms with Crippen LogP contribution in [-0.4, -0.2) is 116 Å². The van der Waals surface area contributed by atoms with Gasteiger partial charge in [-0.1, -0.05) is 58.4 Å². The first kappa shape index (κ1) is 38.2. The fraction of sp³-hybridized carbons (Fsp3) is 0.583. The molecule has 3 fully saturated rings. The van der Waals surface area contributed by atoms with E-state index in [1.54, 1.807) is 33.8 Å². The molecule has 52 heavy (non-hydrogen) atoms. The number of nitrogens with zero attached hydrogens (tertiary/aromatic N) is 4. The van der Waals surface area contributed by atoms with Gasteiger partial charge in [-0.25, -0.2) is 14.2 Å². The van der Waals surface area contributed by atoms with Crippen LogP contribution in [0, 0.1) is 29.6 Å². The highest BCUT2D eigenvalue weighted by atomic mass is 19.1. The van der Waals surface area contributed by atoms with Crippen molar-refractivity contribution in [3.8, 4) is 0 Å². The summed E-state index contributed by atoms with van der Waals surface area (Å²) in [6.07, 6.45) is 8.71. The highest BCUT2D eigenvalue weighted by Gasteiger charge is 2.65. The quantitative estimate of drug-likeness (QED) is 0.199. The third-order valence-electron chi connectivity index (χ3n) is 10.5. The Labute approximate surface area is 300 Å². The van der Waals surface area contributed by atoms with Crippen LogP contribution in [0.1, 0.15) is 64.4 Å². The first-order valence-electron chi connectivity index (χ1n) is 17.6. The third kappa shape index (κ3) is 7.89. The van der Waals surface area contributed by atoms with Gasteiger partial charge in [0.1, 0.15) is 36.0 Å². The van der Waals surface area contributed by atoms with Crippen LogP contribution in [0.3, 0.4) is 0 Å². The highest BCUT2D eigenvalue weighted by molar-refractivity contribution is 6.37. The Bertz CT molecular complexity index is 1670. The van der Waals surface area contributed by atoms with Crippen molar-refractivity contribution < 1.29 is 43.1 Å². The molecule has 0 aromatic carbocycles. The lowest BCUT2D eigenvalue weighted by atomic mass is 9.91. The number of ketones is 1. The van der Waals surface area contributed by atoms with Crippen LogP contribution in [0.2, 0.25) is 0 Å². The molecule has 0 radical (unpaired) electrons. The maximum Gasteiger partial charge on any atom is 0.326 e. The van der Waals surface area contributed by atoms with E-state index in [-0.39, 0.29) is 31.0 Å². The number of rotatable bonds is 14. The number of hydrogen-bond donors (Lipinski definition) is 4. The van der Waals surface area contributed by atoms with Crippen LogP contribution in [0.25, 0.3) is 0 Å². The lowest BCUT2D eigenvalue weighted by Crippen LogP contribution is -2.59. The van der Waals surface area contributed by atoms with Gasteiger partial charge in [-0.05, 0) is 37.0 Å². The van der Waals surface area contributed by atoms with Gasteiger partial charge >= 0.3 is 5.97 Å². The Morgan fingerprint density at radius 2 is 1.73 bits per heavy atom. The van der Waals surface area contributed by atoms with E-state index < -0.39 is 108 Å². The van der Waals surface area contributed by atoms with Crippen LogP contribution in [0.4, 0.5) is 4.39 Å². The topological polar surface area (TPSA) is 208 Å². The molecule has 2 aliphatic heterocycles. The van der Waals surface area contributed by atoms with Crippen molar-refractivity contribution in [2.75, 3.05) is 13.1 Å². The summed E-state index contributed by atoms with van der Waals surface area (Å²) >= 11 is 0. The van der Waals surface area contributed by atoms with Crippen molar-refractivity contribution in [2.24, 2.45) is 29.6 Å². The van der Waals surface area contributed by atoms with E-state index in [2.05, 4.69) is 25.9 Å². The van der Waals surface area contributed by atoms with E-state index in [0.29, 0.717) is 6.42 Å². The number of carboxylic acids is 1. The van der Waals surface area contributed by atoms with Crippen LogP contribution in [0.15, 0.2) is 42.4 Å². The van der Waals surface area contributed by atoms with Gasteiger partial charge < -0.3 is 30.9 Å². The zero-order valence-electron chi connectivity index (χ0n) is 29.8. The summed E-state index contributed by atoms with van der Waals surface area (Å²) in [6, 6.07) is -5.43. The van der Waals surface area contributed by atoms with E-state index in [9.17, 15) is 38.7 Å². The summed E-state index contributed by atoms with van der Waals surface area (Å²) in [5.74, 6) is -8.05. The Balaban J connectivity index is 1.27. The molecular weight excluding hydrogens is 677 g/mol. The first-order valence-corrected chi connectivity index (χ1v) is 17.6. The molecule has 4 N–H and O–H groups in total. The number of halogens is 1. The molecule has 2 aliphatic carbocycles. The number of aromatic nitrogens is 2. The summed E-state index contributed by atoms with van der Waals surface area (Å²) in [6.45, 7) is 8.05. The number of amides is 5. The van der Waals surface area contributed by atoms with Gasteiger partial charge in [0, 0.05) is 36.8 Å². The van der Waals surface area contributed by atoms with Gasteiger partial charge in [0.15, 0.2) is 0 Å². The zero-order valence-corrected chi connectivity index (χ0v) is 29.8. The molecule has 4 unspecified atom stereocenters. The molecule has 280 valence electrons. The largest absolute Gasteiger partial charge is 0.480 e. The molecule has 3 heterocycles. The van der Waals surface area contributed by atoms with Crippen LogP contribution in [-0.2, 0) is 28.8 Å². The van der Waals surface area contributed by atoms with Gasteiger partial charge in [-0.2, -0.15) is 0 Å². The second-order valence-corrected chi connectivity index (χ2v) is 14.9. The number of Topliss-reactive ketones (excluding diaryl/α,β-unsaturated/α-hetero) is 1. The lowest BCUT2D eigenvalue weighted by Gasteiger charge is -2.32. The molecule has 15 nitrogen and oxygen atoms in total. The smallest absolute Gasteiger partial charge is 0.326 e. The van der Waals surface area contributed by atoms with E-state index in [1.807, 2.05) is 19.1 Å². The van der Waals surface area contributed by atoms with Gasteiger partial charge in [0.05, 0.1) is 12.7 Å². The maximum atomic E-state index is 15.5. The van der Waals surface area contributed by atoms with Gasteiger partial charge in [0.2, 0.25) is 23.5 Å². The van der Waals surface area contributed by atoms with Crippen molar-refractivity contribution in [1.82, 2.24) is 35.7 Å². The predicted octanol–water partition coefficient (Wildman–Crippen LogP) is 0.819. The molecule has 5 rings (SSSR count). The highest BCUT2D eigenvalue weighted by Crippen LogP contribution is 2.51. The van der Waals surface area contributed by atoms with Crippen molar-refractivity contribution in [3.63, 3.8) is 0 Å². The van der Waals surface area contributed by atoms with E-state index in [4.69, 9.17) is 0 Å². The number of carbonyl (C=O) groups excluding carboxylic acids is 6. The van der Waals surface area contributed by atoms with Crippen molar-refractivity contribution in [1.29, 1.82) is 0 Å². The number of hydrogen-bond acceptors (Lipinski definition) is 9. The molecule has 2 saturated heterocycles. The van der Waals surface area contributed by atoms with Crippen molar-refractivity contribution in [3.05, 3.63) is 48.1 Å². The average molecular weight is 724 g/mol. The predicted molar refractivity (Wildman–Crippen MR) is 183 cm³/mol. The molecule has 5 amide bonds. The number of carbonyl (C=O) groups is 7. The molecule has 1 saturated carbocycles. The van der Waals surface area contributed by atoms with Gasteiger partial charge in [-0.15, -0.1) is 0 Å². The number of nitrogens with one attached hydrogen (secondary N) is 3. The second-order valence-electron chi connectivity index (χ2n) is 14.9. The Kier molecular flexibility index (Phi) is 11.5. The molecule has 0 spiro atoms. The van der Waals surface area contributed by atoms with Crippen LogP contribution in [0.5, 0.6) is 0 Å². The molecule has 4 aliphatic rings. The minimum Gasteiger partial charge on any atom is -0.480 e. The van der Waals surface area contributed by atoms with Crippen molar-refractivity contribution >= 4 is 41.3 Å². The minimum absolute atomic E-state index is 0.000287. The number of aliphatic carboxylic acids is 1. The number of alkyl halides is 1. The number of likely N-dealkylation sites (tertiary alicyclic amines) is 2. The second kappa shape index (κ2) is 15.7. The first-order chi connectivity index (χ1) is 24.6. The summed E-state index contributed by atoms with van der Waals surface area (Å²) in [5, 5.41) is 17.4. The van der Waals surface area contributed by atoms with E-state index in [1.165, 1.54) is 23.5 Å². The van der Waals surface area contributed by atoms with Gasteiger partial charge in [-0.3, -0.25) is 33.8 Å².